The van der Waals surface area contributed by atoms with Crippen molar-refractivity contribution in [1.29, 1.82) is 0 Å². The first-order chi connectivity index (χ1) is 14.4. The number of sulfonamides is 1. The molecule has 1 aromatic carbocycles. The second kappa shape index (κ2) is 8.04. The molecular formula is C20H24N6O3S. The summed E-state index contributed by atoms with van der Waals surface area (Å²) in [6.07, 6.45) is 3.51. The van der Waals surface area contributed by atoms with Gasteiger partial charge < -0.3 is 9.47 Å². The van der Waals surface area contributed by atoms with Crippen molar-refractivity contribution in [1.82, 2.24) is 28.5 Å². The predicted octanol–water partition coefficient (Wildman–Crippen LogP) is 1.36. The first-order valence-corrected chi connectivity index (χ1v) is 11.2. The summed E-state index contributed by atoms with van der Waals surface area (Å²) in [6.45, 7) is 1.38. The van der Waals surface area contributed by atoms with Gasteiger partial charge in [0.1, 0.15) is 5.69 Å². The van der Waals surface area contributed by atoms with Gasteiger partial charge in [-0.15, -0.1) is 0 Å². The summed E-state index contributed by atoms with van der Waals surface area (Å²) in [6, 6.07) is 11.5. The maximum absolute atomic E-state index is 13.1. The first-order valence-electron chi connectivity index (χ1n) is 9.73. The Morgan fingerprint density at radius 3 is 2.50 bits per heavy atom. The fraction of sp³-hybridized carbons (Fsp3) is 0.350. The van der Waals surface area contributed by atoms with Gasteiger partial charge in [-0.3, -0.25) is 9.48 Å². The van der Waals surface area contributed by atoms with Crippen LogP contribution in [0.4, 0.5) is 0 Å². The molecule has 30 heavy (non-hydrogen) atoms. The molecule has 1 fully saturated rings. The van der Waals surface area contributed by atoms with Gasteiger partial charge in [0.15, 0.2) is 5.03 Å². The average Bonchev–Trinajstić information content (AvgIpc) is 3.25. The molecule has 10 heteroatoms. The molecule has 0 unspecified atom stereocenters. The fourth-order valence-corrected chi connectivity index (χ4v) is 5.01. The third-order valence-electron chi connectivity index (χ3n) is 5.20. The number of carbonyl (C=O) groups is 1. The Morgan fingerprint density at radius 2 is 1.80 bits per heavy atom. The third kappa shape index (κ3) is 3.88. The van der Waals surface area contributed by atoms with E-state index in [1.165, 1.54) is 16.8 Å². The highest BCUT2D eigenvalue weighted by Crippen LogP contribution is 2.21. The number of hydrogen-bond acceptors (Lipinski definition) is 5. The SMILES string of the molecule is Cn1cnc(S(=O)(=O)N2CCCN(C(=O)c3cc(-c4ccccc4)nn3C)CC2)c1. The largest absolute Gasteiger partial charge is 0.339 e. The van der Waals surface area contributed by atoms with E-state index in [-0.39, 0.29) is 17.5 Å². The van der Waals surface area contributed by atoms with Crippen LogP contribution in [0.1, 0.15) is 16.9 Å². The lowest BCUT2D eigenvalue weighted by Crippen LogP contribution is -2.38. The van der Waals surface area contributed by atoms with Crippen molar-refractivity contribution in [2.24, 2.45) is 14.1 Å². The van der Waals surface area contributed by atoms with E-state index in [2.05, 4.69) is 10.1 Å². The second-order valence-electron chi connectivity index (χ2n) is 7.33. The van der Waals surface area contributed by atoms with Crippen LogP contribution in [0.3, 0.4) is 0 Å². The molecular weight excluding hydrogens is 404 g/mol. The minimum atomic E-state index is -3.67. The number of carbonyl (C=O) groups excluding carboxylic acids is 1. The van der Waals surface area contributed by atoms with Crippen LogP contribution in [-0.4, -0.2) is 69.0 Å². The van der Waals surface area contributed by atoms with Crippen molar-refractivity contribution in [3.8, 4) is 11.3 Å². The molecule has 0 spiro atoms. The van der Waals surface area contributed by atoms with Crippen molar-refractivity contribution in [2.75, 3.05) is 26.2 Å². The molecule has 158 valence electrons. The van der Waals surface area contributed by atoms with Gasteiger partial charge in [-0.25, -0.2) is 13.4 Å². The molecule has 1 saturated heterocycles. The van der Waals surface area contributed by atoms with Gasteiger partial charge in [0.05, 0.1) is 12.0 Å². The van der Waals surface area contributed by atoms with Gasteiger partial charge in [0, 0.05) is 52.0 Å². The van der Waals surface area contributed by atoms with Crippen LogP contribution in [0, 0.1) is 0 Å². The van der Waals surface area contributed by atoms with Crippen molar-refractivity contribution >= 4 is 15.9 Å². The molecule has 0 saturated carbocycles. The molecule has 0 radical (unpaired) electrons. The van der Waals surface area contributed by atoms with Crippen LogP contribution in [0.5, 0.6) is 0 Å². The molecule has 4 rings (SSSR count). The van der Waals surface area contributed by atoms with Gasteiger partial charge in [-0.1, -0.05) is 30.3 Å². The smallest absolute Gasteiger partial charge is 0.272 e. The number of rotatable bonds is 4. The Kier molecular flexibility index (Phi) is 5.44. The zero-order chi connectivity index (χ0) is 21.3. The molecule has 1 amide bonds. The zero-order valence-corrected chi connectivity index (χ0v) is 17.8. The summed E-state index contributed by atoms with van der Waals surface area (Å²) in [5, 5.41) is 4.50. The van der Waals surface area contributed by atoms with Crippen LogP contribution >= 0.6 is 0 Å². The normalized spacial score (nSPS) is 15.9. The molecule has 3 heterocycles. The molecule has 0 N–H and O–H groups in total. The fourth-order valence-electron chi connectivity index (χ4n) is 3.57. The topological polar surface area (TPSA) is 93.3 Å². The predicted molar refractivity (Wildman–Crippen MR) is 111 cm³/mol. The Morgan fingerprint density at radius 1 is 1.03 bits per heavy atom. The third-order valence-corrected chi connectivity index (χ3v) is 6.98. The molecule has 2 aromatic heterocycles. The summed E-state index contributed by atoms with van der Waals surface area (Å²) < 4.78 is 30.3. The quantitative estimate of drug-likeness (QED) is 0.626. The van der Waals surface area contributed by atoms with E-state index in [1.807, 2.05) is 30.3 Å². The van der Waals surface area contributed by atoms with Crippen LogP contribution < -0.4 is 0 Å². The van der Waals surface area contributed by atoms with Crippen LogP contribution in [0.15, 0.2) is 53.9 Å². The number of aryl methyl sites for hydroxylation is 2. The minimum absolute atomic E-state index is 0.0314. The van der Waals surface area contributed by atoms with E-state index < -0.39 is 10.0 Å². The Labute approximate surface area is 175 Å². The molecule has 0 aliphatic carbocycles. The van der Waals surface area contributed by atoms with E-state index in [9.17, 15) is 13.2 Å². The molecule has 0 atom stereocenters. The highest BCUT2D eigenvalue weighted by molar-refractivity contribution is 7.89. The maximum atomic E-state index is 13.1. The Bertz CT molecular complexity index is 1150. The molecule has 0 bridgehead atoms. The summed E-state index contributed by atoms with van der Waals surface area (Å²) in [5.41, 5.74) is 2.15. The lowest BCUT2D eigenvalue weighted by molar-refractivity contribution is 0.0753. The lowest BCUT2D eigenvalue weighted by Gasteiger charge is -2.21. The van der Waals surface area contributed by atoms with E-state index in [0.717, 1.165) is 11.3 Å². The Balaban J connectivity index is 1.50. The van der Waals surface area contributed by atoms with Crippen LogP contribution in [-0.2, 0) is 24.1 Å². The number of hydrogen-bond donors (Lipinski definition) is 0. The van der Waals surface area contributed by atoms with Crippen molar-refractivity contribution < 1.29 is 13.2 Å². The van der Waals surface area contributed by atoms with E-state index in [4.69, 9.17) is 0 Å². The lowest BCUT2D eigenvalue weighted by atomic mass is 10.1. The number of nitrogens with zero attached hydrogens (tertiary/aromatic N) is 6. The van der Waals surface area contributed by atoms with E-state index in [0.29, 0.717) is 31.7 Å². The standard InChI is InChI=1S/C20H24N6O3S/c1-23-14-19(21-15-23)30(28,29)26-10-6-9-25(11-12-26)20(27)18-13-17(22-24(18)2)16-7-4-3-5-8-16/h3-5,7-8,13-15H,6,9-12H2,1-2H3. The summed E-state index contributed by atoms with van der Waals surface area (Å²) >= 11 is 0. The highest BCUT2D eigenvalue weighted by Gasteiger charge is 2.30. The number of imidazole rings is 1. The van der Waals surface area contributed by atoms with Crippen molar-refractivity contribution in [3.05, 3.63) is 54.6 Å². The van der Waals surface area contributed by atoms with E-state index >= 15 is 0 Å². The molecule has 3 aromatic rings. The highest BCUT2D eigenvalue weighted by atomic mass is 32.2. The van der Waals surface area contributed by atoms with Gasteiger partial charge in [-0.05, 0) is 12.5 Å². The van der Waals surface area contributed by atoms with Crippen molar-refractivity contribution in [3.63, 3.8) is 0 Å². The van der Waals surface area contributed by atoms with Crippen molar-refractivity contribution in [2.45, 2.75) is 11.4 Å². The van der Waals surface area contributed by atoms with Crippen LogP contribution in [0.2, 0.25) is 0 Å². The van der Waals surface area contributed by atoms with Gasteiger partial charge >= 0.3 is 0 Å². The summed E-state index contributed by atoms with van der Waals surface area (Å²) in [5.74, 6) is -0.149. The monoisotopic (exact) mass is 428 g/mol. The van der Waals surface area contributed by atoms with Gasteiger partial charge in [0.2, 0.25) is 0 Å². The minimum Gasteiger partial charge on any atom is -0.339 e. The van der Waals surface area contributed by atoms with Gasteiger partial charge in [0.25, 0.3) is 15.9 Å². The summed E-state index contributed by atoms with van der Waals surface area (Å²) in [7, 11) is -0.199. The molecule has 1 aliphatic rings. The maximum Gasteiger partial charge on any atom is 0.272 e. The number of aromatic nitrogens is 4. The molecule has 9 nitrogen and oxygen atoms in total. The summed E-state index contributed by atoms with van der Waals surface area (Å²) in [4.78, 5) is 18.8. The first kappa shape index (κ1) is 20.3. The van der Waals surface area contributed by atoms with Crippen LogP contribution in [0.25, 0.3) is 11.3 Å². The molecule has 1 aliphatic heterocycles. The Hall–Kier alpha value is -2.98. The van der Waals surface area contributed by atoms with E-state index in [1.54, 1.807) is 34.3 Å². The zero-order valence-electron chi connectivity index (χ0n) is 17.0. The second-order valence-corrected chi connectivity index (χ2v) is 9.22. The average molecular weight is 429 g/mol. The van der Waals surface area contributed by atoms with Gasteiger partial charge in [-0.2, -0.15) is 9.40 Å². The number of amides is 1. The number of benzene rings is 1.